The summed E-state index contributed by atoms with van der Waals surface area (Å²) in [4.78, 5) is 21.8. The monoisotopic (exact) mass is 334 g/mol. The minimum Gasteiger partial charge on any atom is -0.478 e. The first kappa shape index (κ1) is 16.5. The topological polar surface area (TPSA) is 113 Å². The van der Waals surface area contributed by atoms with Crippen LogP contribution >= 0.6 is 0 Å². The predicted molar refractivity (Wildman–Crippen MR) is 85.0 cm³/mol. The van der Waals surface area contributed by atoms with Gasteiger partial charge in [0.2, 0.25) is 5.91 Å². The van der Waals surface area contributed by atoms with Crippen LogP contribution in [0.25, 0.3) is 0 Å². The summed E-state index contributed by atoms with van der Waals surface area (Å²) in [5, 5.41) is 11.4. The smallest absolute Gasteiger partial charge is 0.335 e. The molecule has 0 aliphatic carbocycles. The fourth-order valence-corrected chi connectivity index (χ4v) is 2.90. The molecule has 2 aromatic rings. The van der Waals surface area contributed by atoms with Crippen molar-refractivity contribution in [1.82, 2.24) is 0 Å². The molecule has 23 heavy (non-hydrogen) atoms. The fraction of sp³-hybridized carbons (Fsp3) is 0.0667. The molecule has 0 atom stereocenters. The number of nitrogens with one attached hydrogen (secondary N) is 2. The van der Waals surface area contributed by atoms with Crippen LogP contribution in [0.5, 0.6) is 0 Å². The number of aromatic carboxylic acids is 1. The molecule has 0 aliphatic rings. The molecule has 0 fully saturated rings. The summed E-state index contributed by atoms with van der Waals surface area (Å²) in [6.07, 6.45) is 0. The Morgan fingerprint density at radius 3 is 2.22 bits per heavy atom. The third-order valence-electron chi connectivity index (χ3n) is 2.85. The van der Waals surface area contributed by atoms with Crippen LogP contribution in [0.1, 0.15) is 17.3 Å². The number of benzene rings is 2. The van der Waals surface area contributed by atoms with Gasteiger partial charge in [0, 0.05) is 18.3 Å². The Morgan fingerprint density at radius 1 is 1.00 bits per heavy atom. The summed E-state index contributed by atoms with van der Waals surface area (Å²) in [6, 6.07) is 11.1. The van der Waals surface area contributed by atoms with Gasteiger partial charge in [-0.3, -0.25) is 9.52 Å². The largest absolute Gasteiger partial charge is 0.478 e. The standard InChI is InChI=1S/C15H14N2O5S/c1-10(18)16-12-5-7-14(8-6-12)23(21,22)17-13-4-2-3-11(9-13)15(19)20/h2-9,17H,1H3,(H,16,18)(H,19,20). The molecule has 2 aromatic carbocycles. The van der Waals surface area contributed by atoms with Crippen LogP contribution in [0, 0.1) is 0 Å². The number of sulfonamides is 1. The average molecular weight is 334 g/mol. The predicted octanol–water partition coefficient (Wildman–Crippen LogP) is 2.14. The quantitative estimate of drug-likeness (QED) is 0.775. The first-order chi connectivity index (χ1) is 10.8. The van der Waals surface area contributed by atoms with Crippen molar-refractivity contribution >= 4 is 33.3 Å². The zero-order valence-corrected chi connectivity index (χ0v) is 12.9. The molecule has 0 heterocycles. The van der Waals surface area contributed by atoms with Gasteiger partial charge in [0.15, 0.2) is 0 Å². The van der Waals surface area contributed by atoms with Crippen molar-refractivity contribution in [3.05, 3.63) is 54.1 Å². The Labute approximate surface area is 133 Å². The molecule has 0 radical (unpaired) electrons. The van der Waals surface area contributed by atoms with Crippen molar-refractivity contribution in [3.63, 3.8) is 0 Å². The maximum Gasteiger partial charge on any atom is 0.335 e. The summed E-state index contributed by atoms with van der Waals surface area (Å²) >= 11 is 0. The van der Waals surface area contributed by atoms with Gasteiger partial charge in [-0.2, -0.15) is 0 Å². The van der Waals surface area contributed by atoms with Crippen LogP contribution in [-0.2, 0) is 14.8 Å². The van der Waals surface area contributed by atoms with Crippen molar-refractivity contribution in [2.45, 2.75) is 11.8 Å². The van der Waals surface area contributed by atoms with Gasteiger partial charge in [-0.15, -0.1) is 0 Å². The van der Waals surface area contributed by atoms with E-state index in [2.05, 4.69) is 10.0 Å². The maximum atomic E-state index is 12.3. The third kappa shape index (κ3) is 4.30. The normalized spacial score (nSPS) is 10.8. The van der Waals surface area contributed by atoms with Crippen molar-refractivity contribution in [3.8, 4) is 0 Å². The third-order valence-corrected chi connectivity index (χ3v) is 4.24. The molecule has 0 aliphatic heterocycles. The number of rotatable bonds is 5. The molecule has 0 unspecified atom stereocenters. The van der Waals surface area contributed by atoms with Crippen LogP contribution in [0.4, 0.5) is 11.4 Å². The van der Waals surface area contributed by atoms with Crippen LogP contribution in [0.2, 0.25) is 0 Å². The molecule has 7 nitrogen and oxygen atoms in total. The van der Waals surface area contributed by atoms with E-state index in [4.69, 9.17) is 5.11 Å². The fourth-order valence-electron chi connectivity index (χ4n) is 1.85. The number of carbonyl (C=O) groups is 2. The van der Waals surface area contributed by atoms with Gasteiger partial charge in [0.05, 0.1) is 10.5 Å². The number of hydrogen-bond acceptors (Lipinski definition) is 4. The van der Waals surface area contributed by atoms with Crippen LogP contribution in [-0.4, -0.2) is 25.4 Å². The van der Waals surface area contributed by atoms with Gasteiger partial charge in [-0.25, -0.2) is 13.2 Å². The van der Waals surface area contributed by atoms with Gasteiger partial charge in [-0.05, 0) is 42.5 Å². The zero-order valence-electron chi connectivity index (χ0n) is 12.1. The molecule has 0 saturated carbocycles. The van der Waals surface area contributed by atoms with E-state index in [1.54, 1.807) is 0 Å². The summed E-state index contributed by atoms with van der Waals surface area (Å²) < 4.78 is 26.9. The Balaban J connectivity index is 2.23. The van der Waals surface area contributed by atoms with Crippen LogP contribution in [0.15, 0.2) is 53.4 Å². The van der Waals surface area contributed by atoms with E-state index < -0.39 is 16.0 Å². The van der Waals surface area contributed by atoms with E-state index >= 15 is 0 Å². The second-order valence-electron chi connectivity index (χ2n) is 4.70. The molecule has 1 amide bonds. The highest BCUT2D eigenvalue weighted by Crippen LogP contribution is 2.19. The lowest BCUT2D eigenvalue weighted by Crippen LogP contribution is -2.13. The number of hydrogen-bond donors (Lipinski definition) is 3. The molecule has 0 saturated heterocycles. The van der Waals surface area contributed by atoms with Gasteiger partial charge in [0.25, 0.3) is 10.0 Å². The highest BCUT2D eigenvalue weighted by atomic mass is 32.2. The molecule has 120 valence electrons. The van der Waals surface area contributed by atoms with E-state index in [0.717, 1.165) is 0 Å². The van der Waals surface area contributed by atoms with Gasteiger partial charge in [0.1, 0.15) is 0 Å². The lowest BCUT2D eigenvalue weighted by atomic mass is 10.2. The van der Waals surface area contributed by atoms with E-state index in [0.29, 0.717) is 5.69 Å². The Morgan fingerprint density at radius 2 is 1.65 bits per heavy atom. The van der Waals surface area contributed by atoms with E-state index in [9.17, 15) is 18.0 Å². The highest BCUT2D eigenvalue weighted by Gasteiger charge is 2.15. The van der Waals surface area contributed by atoms with E-state index in [-0.39, 0.29) is 22.1 Å². The van der Waals surface area contributed by atoms with Crippen LogP contribution in [0.3, 0.4) is 0 Å². The number of anilines is 2. The van der Waals surface area contributed by atoms with Crippen molar-refractivity contribution in [2.24, 2.45) is 0 Å². The number of amides is 1. The molecule has 2 rings (SSSR count). The minimum absolute atomic E-state index is 0.00710. The Bertz CT molecular complexity index is 844. The second-order valence-corrected chi connectivity index (χ2v) is 6.38. The van der Waals surface area contributed by atoms with Crippen molar-refractivity contribution < 1.29 is 23.1 Å². The molecular weight excluding hydrogens is 320 g/mol. The molecule has 8 heteroatoms. The summed E-state index contributed by atoms with van der Waals surface area (Å²) in [7, 11) is -3.86. The Hall–Kier alpha value is -2.87. The maximum absolute atomic E-state index is 12.3. The molecule has 0 bridgehead atoms. The lowest BCUT2D eigenvalue weighted by molar-refractivity contribution is -0.114. The van der Waals surface area contributed by atoms with Gasteiger partial charge >= 0.3 is 5.97 Å². The number of carboxylic acid groups (broad SMARTS) is 1. The van der Waals surface area contributed by atoms with Crippen molar-refractivity contribution in [1.29, 1.82) is 0 Å². The van der Waals surface area contributed by atoms with E-state index in [1.165, 1.54) is 55.5 Å². The SMILES string of the molecule is CC(=O)Nc1ccc(S(=O)(=O)Nc2cccc(C(=O)O)c2)cc1. The van der Waals surface area contributed by atoms with E-state index in [1.807, 2.05) is 0 Å². The molecule has 3 N–H and O–H groups in total. The van der Waals surface area contributed by atoms with Gasteiger partial charge in [-0.1, -0.05) is 6.07 Å². The minimum atomic E-state index is -3.86. The Kier molecular flexibility index (Phi) is 4.65. The molecular formula is C15H14N2O5S. The summed E-state index contributed by atoms with van der Waals surface area (Å²) in [5.74, 6) is -1.41. The first-order valence-corrected chi connectivity index (χ1v) is 8.00. The van der Waals surface area contributed by atoms with Crippen LogP contribution < -0.4 is 10.0 Å². The first-order valence-electron chi connectivity index (χ1n) is 6.52. The number of carboxylic acids is 1. The zero-order chi connectivity index (χ0) is 17.0. The summed E-state index contributed by atoms with van der Waals surface area (Å²) in [6.45, 7) is 1.35. The van der Waals surface area contributed by atoms with Gasteiger partial charge < -0.3 is 10.4 Å². The molecule has 0 aromatic heterocycles. The average Bonchev–Trinajstić information content (AvgIpc) is 2.47. The number of carbonyl (C=O) groups excluding carboxylic acids is 1. The lowest BCUT2D eigenvalue weighted by Gasteiger charge is -2.09. The van der Waals surface area contributed by atoms with Crippen molar-refractivity contribution in [2.75, 3.05) is 10.0 Å². The summed E-state index contributed by atoms with van der Waals surface area (Å²) in [5.41, 5.74) is 0.603. The second kappa shape index (κ2) is 6.49. The molecule has 0 spiro atoms. The highest BCUT2D eigenvalue weighted by molar-refractivity contribution is 7.92.